The largest absolute Gasteiger partial charge is 0.462 e. The molecule has 4 nitrogen and oxygen atoms in total. The first-order chi connectivity index (χ1) is 9.08. The van der Waals surface area contributed by atoms with Crippen molar-refractivity contribution in [2.45, 2.75) is 13.8 Å². The van der Waals surface area contributed by atoms with Gasteiger partial charge in [0.25, 0.3) is 0 Å². The summed E-state index contributed by atoms with van der Waals surface area (Å²) in [6, 6.07) is 5.29. The predicted molar refractivity (Wildman–Crippen MR) is 81.6 cm³/mol. The molecule has 0 aliphatic heterocycles. The van der Waals surface area contributed by atoms with E-state index in [-0.39, 0.29) is 5.97 Å². The number of aryl methyl sites for hydroxylation is 1. The molecule has 2 N–H and O–H groups in total. The van der Waals surface area contributed by atoms with Gasteiger partial charge in [0.05, 0.1) is 12.2 Å². The monoisotopic (exact) mass is 278 g/mol. The molecule has 0 aliphatic carbocycles. The molecule has 19 heavy (non-hydrogen) atoms. The number of hydrogen-bond acceptors (Lipinski definition) is 3. The third-order valence-corrected chi connectivity index (χ3v) is 2.64. The van der Waals surface area contributed by atoms with Crippen molar-refractivity contribution in [2.24, 2.45) is 0 Å². The van der Waals surface area contributed by atoms with Gasteiger partial charge in [0.1, 0.15) is 0 Å². The highest BCUT2D eigenvalue weighted by Crippen LogP contribution is 2.17. The Morgan fingerprint density at radius 2 is 2.26 bits per heavy atom. The summed E-state index contributed by atoms with van der Waals surface area (Å²) in [5.74, 6) is -0.315. The van der Waals surface area contributed by atoms with Crippen LogP contribution in [0.1, 0.15) is 22.8 Å². The summed E-state index contributed by atoms with van der Waals surface area (Å²) in [5.41, 5.74) is 2.32. The molecule has 0 saturated heterocycles. The van der Waals surface area contributed by atoms with Crippen molar-refractivity contribution in [3.05, 3.63) is 42.0 Å². The molecule has 0 saturated carbocycles. The molecule has 1 aromatic carbocycles. The van der Waals surface area contributed by atoms with E-state index in [4.69, 9.17) is 17.0 Å². The molecule has 5 heteroatoms. The molecular weight excluding hydrogens is 260 g/mol. The van der Waals surface area contributed by atoms with Crippen molar-refractivity contribution in [2.75, 3.05) is 18.5 Å². The Labute approximate surface area is 118 Å². The van der Waals surface area contributed by atoms with Crippen molar-refractivity contribution in [3.63, 3.8) is 0 Å². The van der Waals surface area contributed by atoms with E-state index in [0.717, 1.165) is 11.3 Å². The summed E-state index contributed by atoms with van der Waals surface area (Å²) in [5, 5.41) is 6.56. The van der Waals surface area contributed by atoms with Gasteiger partial charge in [-0.15, -0.1) is 6.58 Å². The third kappa shape index (κ3) is 4.71. The van der Waals surface area contributed by atoms with Gasteiger partial charge in [0, 0.05) is 12.2 Å². The Kier molecular flexibility index (Phi) is 6.02. The fraction of sp³-hybridized carbons (Fsp3) is 0.286. The number of hydrogen-bond donors (Lipinski definition) is 2. The average Bonchev–Trinajstić information content (AvgIpc) is 2.39. The summed E-state index contributed by atoms with van der Waals surface area (Å²) in [7, 11) is 0. The Bertz CT molecular complexity index is 486. The zero-order valence-electron chi connectivity index (χ0n) is 11.2. The lowest BCUT2D eigenvalue weighted by molar-refractivity contribution is 0.0526. The van der Waals surface area contributed by atoms with Gasteiger partial charge in [-0.25, -0.2) is 4.79 Å². The van der Waals surface area contributed by atoms with E-state index in [0.29, 0.717) is 23.8 Å². The number of rotatable bonds is 5. The lowest BCUT2D eigenvalue weighted by atomic mass is 10.1. The SMILES string of the molecule is C=CCNC(=S)Nc1ccc(C(=O)OCC)cc1C. The van der Waals surface area contributed by atoms with Crippen LogP contribution in [0.3, 0.4) is 0 Å². The topological polar surface area (TPSA) is 50.4 Å². The second-order valence-corrected chi connectivity index (χ2v) is 4.28. The quantitative estimate of drug-likeness (QED) is 0.492. The average molecular weight is 278 g/mol. The Balaban J connectivity index is 2.74. The van der Waals surface area contributed by atoms with Gasteiger partial charge in [-0.2, -0.15) is 0 Å². The molecule has 0 spiro atoms. The molecule has 0 amide bonds. The van der Waals surface area contributed by atoms with Crippen LogP contribution >= 0.6 is 12.2 Å². The minimum atomic E-state index is -0.315. The smallest absolute Gasteiger partial charge is 0.338 e. The maximum atomic E-state index is 11.6. The van der Waals surface area contributed by atoms with E-state index in [1.54, 1.807) is 25.1 Å². The van der Waals surface area contributed by atoms with E-state index >= 15 is 0 Å². The van der Waals surface area contributed by atoms with E-state index in [1.165, 1.54) is 0 Å². The fourth-order valence-corrected chi connectivity index (χ4v) is 1.67. The second-order valence-electron chi connectivity index (χ2n) is 3.87. The van der Waals surface area contributed by atoms with Crippen LogP contribution in [0, 0.1) is 6.92 Å². The number of carbonyl (C=O) groups excluding carboxylic acids is 1. The van der Waals surface area contributed by atoms with Crippen molar-refractivity contribution in [1.82, 2.24) is 5.32 Å². The van der Waals surface area contributed by atoms with E-state index in [9.17, 15) is 4.79 Å². The fourth-order valence-electron chi connectivity index (χ4n) is 1.48. The Morgan fingerprint density at radius 1 is 1.53 bits per heavy atom. The van der Waals surface area contributed by atoms with Crippen molar-refractivity contribution in [1.29, 1.82) is 0 Å². The first-order valence-corrected chi connectivity index (χ1v) is 6.42. The van der Waals surface area contributed by atoms with Gasteiger partial charge in [-0.3, -0.25) is 0 Å². The van der Waals surface area contributed by atoms with Crippen molar-refractivity contribution >= 4 is 29.0 Å². The molecular formula is C14H18N2O2S. The molecule has 1 rings (SSSR count). The molecule has 0 unspecified atom stereocenters. The molecule has 0 aliphatic rings. The number of ether oxygens (including phenoxy) is 1. The van der Waals surface area contributed by atoms with Crippen LogP contribution in [-0.4, -0.2) is 24.2 Å². The second kappa shape index (κ2) is 7.53. The standard InChI is InChI=1S/C14H18N2O2S/c1-4-8-15-14(19)16-12-7-6-11(9-10(12)3)13(17)18-5-2/h4,6-7,9H,1,5,8H2,2-3H3,(H2,15,16,19). The zero-order chi connectivity index (χ0) is 14.3. The van der Waals surface area contributed by atoms with Gasteiger partial charge >= 0.3 is 5.97 Å². The Hall–Kier alpha value is -1.88. The van der Waals surface area contributed by atoms with Crippen LogP contribution in [0.2, 0.25) is 0 Å². The highest BCUT2D eigenvalue weighted by atomic mass is 32.1. The minimum Gasteiger partial charge on any atom is -0.462 e. The molecule has 0 heterocycles. The highest BCUT2D eigenvalue weighted by Gasteiger charge is 2.08. The number of benzene rings is 1. The normalized spacial score (nSPS) is 9.58. The molecule has 1 aromatic rings. The van der Waals surface area contributed by atoms with Gasteiger partial charge in [0.2, 0.25) is 0 Å². The molecule has 0 aromatic heterocycles. The lowest BCUT2D eigenvalue weighted by Crippen LogP contribution is -2.28. The number of esters is 1. The first kappa shape index (κ1) is 15.2. The number of thiocarbonyl (C=S) groups is 1. The number of carbonyl (C=O) groups is 1. The van der Waals surface area contributed by atoms with Crippen LogP contribution in [-0.2, 0) is 4.74 Å². The molecule has 0 radical (unpaired) electrons. The van der Waals surface area contributed by atoms with E-state index < -0.39 is 0 Å². The van der Waals surface area contributed by atoms with E-state index in [2.05, 4.69) is 17.2 Å². The van der Waals surface area contributed by atoms with Gasteiger partial charge in [-0.05, 0) is 49.8 Å². The Morgan fingerprint density at radius 3 is 2.84 bits per heavy atom. The number of anilines is 1. The number of nitrogens with one attached hydrogen (secondary N) is 2. The molecule has 0 bridgehead atoms. The maximum absolute atomic E-state index is 11.6. The van der Waals surface area contributed by atoms with Crippen LogP contribution in [0.25, 0.3) is 0 Å². The highest BCUT2D eigenvalue weighted by molar-refractivity contribution is 7.80. The summed E-state index contributed by atoms with van der Waals surface area (Å²) < 4.78 is 4.95. The minimum absolute atomic E-state index is 0.315. The van der Waals surface area contributed by atoms with Gasteiger partial charge in [0.15, 0.2) is 5.11 Å². The molecule has 0 fully saturated rings. The van der Waals surface area contributed by atoms with Crippen molar-refractivity contribution in [3.8, 4) is 0 Å². The molecule has 0 atom stereocenters. The van der Waals surface area contributed by atoms with Crippen LogP contribution in [0.5, 0.6) is 0 Å². The summed E-state index contributed by atoms with van der Waals surface area (Å²) >= 11 is 5.13. The first-order valence-electron chi connectivity index (χ1n) is 6.02. The van der Waals surface area contributed by atoms with Gasteiger partial charge < -0.3 is 15.4 Å². The summed E-state index contributed by atoms with van der Waals surface area (Å²) in [4.78, 5) is 11.6. The summed E-state index contributed by atoms with van der Waals surface area (Å²) in [6.45, 7) is 8.26. The van der Waals surface area contributed by atoms with Crippen LogP contribution < -0.4 is 10.6 Å². The van der Waals surface area contributed by atoms with Crippen LogP contribution in [0.4, 0.5) is 5.69 Å². The van der Waals surface area contributed by atoms with E-state index in [1.807, 2.05) is 13.0 Å². The summed E-state index contributed by atoms with van der Waals surface area (Å²) in [6.07, 6.45) is 1.73. The third-order valence-electron chi connectivity index (χ3n) is 2.39. The predicted octanol–water partition coefficient (Wildman–Crippen LogP) is 2.64. The molecule has 102 valence electrons. The van der Waals surface area contributed by atoms with Gasteiger partial charge in [-0.1, -0.05) is 6.08 Å². The van der Waals surface area contributed by atoms with Crippen LogP contribution in [0.15, 0.2) is 30.9 Å². The lowest BCUT2D eigenvalue weighted by Gasteiger charge is -2.12. The maximum Gasteiger partial charge on any atom is 0.338 e. The van der Waals surface area contributed by atoms with Crippen molar-refractivity contribution < 1.29 is 9.53 Å². The zero-order valence-corrected chi connectivity index (χ0v) is 12.0.